The zero-order chi connectivity index (χ0) is 15.2. The third kappa shape index (κ3) is 6.75. The maximum Gasteiger partial charge on any atom is 0.407 e. The van der Waals surface area contributed by atoms with Crippen LogP contribution in [-0.4, -0.2) is 29.8 Å². The molecule has 1 aromatic rings. The van der Waals surface area contributed by atoms with Crippen LogP contribution in [0, 0.1) is 6.92 Å². The lowest BCUT2D eigenvalue weighted by Gasteiger charge is -2.19. The molecule has 112 valence electrons. The molecule has 0 unspecified atom stereocenters. The first kappa shape index (κ1) is 16.8. The summed E-state index contributed by atoms with van der Waals surface area (Å²) in [6.45, 7) is 8.82. The van der Waals surface area contributed by atoms with Gasteiger partial charge in [-0.25, -0.2) is 9.78 Å². The Kier molecular flexibility index (Phi) is 6.26. The number of ether oxygens (including phenoxy) is 1. The molecule has 0 fully saturated rings. The highest BCUT2D eigenvalue weighted by molar-refractivity contribution is 9.10. The van der Waals surface area contributed by atoms with Gasteiger partial charge in [0.25, 0.3) is 0 Å². The van der Waals surface area contributed by atoms with Gasteiger partial charge in [-0.15, -0.1) is 0 Å². The second-order valence-electron chi connectivity index (χ2n) is 5.48. The Labute approximate surface area is 128 Å². The number of aromatic nitrogens is 1. The Morgan fingerprint density at radius 1 is 1.35 bits per heavy atom. The first-order chi connectivity index (χ1) is 9.28. The maximum absolute atomic E-state index is 11.4. The molecule has 0 spiro atoms. The molecule has 1 rings (SSSR count). The van der Waals surface area contributed by atoms with Crippen LogP contribution in [0.15, 0.2) is 16.7 Å². The molecule has 0 aliphatic carbocycles. The van der Waals surface area contributed by atoms with Crippen LogP contribution in [0.3, 0.4) is 0 Å². The summed E-state index contributed by atoms with van der Waals surface area (Å²) in [5.74, 6) is 0. The van der Waals surface area contributed by atoms with Gasteiger partial charge in [0.2, 0.25) is 0 Å². The third-order valence-corrected chi connectivity index (χ3v) is 2.83. The number of nitrogens with one attached hydrogen (secondary N) is 2. The molecule has 20 heavy (non-hydrogen) atoms. The minimum atomic E-state index is -0.456. The zero-order valence-corrected chi connectivity index (χ0v) is 14.0. The predicted octanol–water partition coefficient (Wildman–Crippen LogP) is 3.48. The zero-order valence-electron chi connectivity index (χ0n) is 12.4. The summed E-state index contributed by atoms with van der Waals surface area (Å²) in [6.07, 6.45) is 0.438. The first-order valence-electron chi connectivity index (χ1n) is 6.62. The Bertz CT molecular complexity index is 458. The number of hydrogen-bond acceptors (Lipinski definition) is 4. The molecule has 1 heterocycles. The van der Waals surface area contributed by atoms with E-state index >= 15 is 0 Å². The minimum Gasteiger partial charge on any atom is -0.444 e. The van der Waals surface area contributed by atoms with Crippen molar-refractivity contribution < 1.29 is 9.53 Å². The van der Waals surface area contributed by atoms with Crippen molar-refractivity contribution in [1.29, 1.82) is 0 Å². The van der Waals surface area contributed by atoms with Crippen molar-refractivity contribution in [2.24, 2.45) is 0 Å². The Hall–Kier alpha value is -1.30. The van der Waals surface area contributed by atoms with Gasteiger partial charge in [-0.3, -0.25) is 0 Å². The summed E-state index contributed by atoms with van der Waals surface area (Å²) < 4.78 is 5.98. The SMILES string of the molecule is Cc1nc(Br)ccc1NCCCNC(=O)OC(C)(C)C. The monoisotopic (exact) mass is 343 g/mol. The summed E-state index contributed by atoms with van der Waals surface area (Å²) in [5.41, 5.74) is 1.49. The number of carbonyl (C=O) groups excluding carboxylic acids is 1. The maximum atomic E-state index is 11.4. The first-order valence-corrected chi connectivity index (χ1v) is 7.41. The van der Waals surface area contributed by atoms with Crippen molar-refractivity contribution in [1.82, 2.24) is 10.3 Å². The van der Waals surface area contributed by atoms with E-state index in [1.807, 2.05) is 39.8 Å². The highest BCUT2D eigenvalue weighted by Gasteiger charge is 2.15. The number of carbonyl (C=O) groups is 1. The van der Waals surface area contributed by atoms with Gasteiger partial charge in [0, 0.05) is 13.1 Å². The van der Waals surface area contributed by atoms with Crippen LogP contribution in [-0.2, 0) is 4.74 Å². The van der Waals surface area contributed by atoms with Gasteiger partial charge in [0.05, 0.1) is 11.4 Å². The largest absolute Gasteiger partial charge is 0.444 e. The van der Waals surface area contributed by atoms with Crippen LogP contribution in [0.4, 0.5) is 10.5 Å². The fraction of sp³-hybridized carbons (Fsp3) is 0.571. The van der Waals surface area contributed by atoms with Crippen molar-refractivity contribution in [3.05, 3.63) is 22.4 Å². The van der Waals surface area contributed by atoms with E-state index in [9.17, 15) is 4.79 Å². The highest BCUT2D eigenvalue weighted by Crippen LogP contribution is 2.15. The molecule has 6 heteroatoms. The van der Waals surface area contributed by atoms with Gasteiger partial charge < -0.3 is 15.4 Å². The lowest BCUT2D eigenvalue weighted by Crippen LogP contribution is -2.33. The average molecular weight is 344 g/mol. The molecule has 0 atom stereocenters. The molecule has 5 nitrogen and oxygen atoms in total. The molecule has 2 N–H and O–H groups in total. The standard InChI is InChI=1S/C14H22BrN3O2/c1-10-11(6-7-12(15)18-10)16-8-5-9-17-13(19)20-14(2,3)4/h6-7,16H,5,8-9H2,1-4H3,(H,17,19). The van der Waals surface area contributed by atoms with E-state index in [-0.39, 0.29) is 6.09 Å². The molecule has 0 radical (unpaired) electrons. The lowest BCUT2D eigenvalue weighted by molar-refractivity contribution is 0.0528. The molecular weight excluding hydrogens is 322 g/mol. The molecule has 0 aliphatic rings. The van der Waals surface area contributed by atoms with Crippen LogP contribution < -0.4 is 10.6 Å². The molecule has 0 bridgehead atoms. The number of anilines is 1. The fourth-order valence-corrected chi connectivity index (χ4v) is 1.93. The van der Waals surface area contributed by atoms with Crippen LogP contribution in [0.25, 0.3) is 0 Å². The van der Waals surface area contributed by atoms with E-state index in [2.05, 4.69) is 31.5 Å². The summed E-state index contributed by atoms with van der Waals surface area (Å²) in [5, 5.41) is 6.01. The molecule has 0 saturated carbocycles. The second-order valence-corrected chi connectivity index (χ2v) is 6.29. The fourth-order valence-electron chi connectivity index (χ4n) is 1.53. The number of pyridine rings is 1. The number of alkyl carbamates (subject to hydrolysis) is 1. The van der Waals surface area contributed by atoms with E-state index in [4.69, 9.17) is 4.74 Å². The van der Waals surface area contributed by atoms with Crippen LogP contribution in [0.2, 0.25) is 0 Å². The second kappa shape index (κ2) is 7.47. The Balaban J connectivity index is 2.21. The number of nitrogens with zero attached hydrogens (tertiary/aromatic N) is 1. The van der Waals surface area contributed by atoms with Crippen LogP contribution in [0.1, 0.15) is 32.9 Å². The smallest absolute Gasteiger partial charge is 0.407 e. The van der Waals surface area contributed by atoms with E-state index in [1.165, 1.54) is 0 Å². The van der Waals surface area contributed by atoms with Crippen molar-refractivity contribution >= 4 is 27.7 Å². The minimum absolute atomic E-state index is 0.376. The summed E-state index contributed by atoms with van der Waals surface area (Å²) in [6, 6.07) is 3.88. The molecule has 0 aliphatic heterocycles. The van der Waals surface area contributed by atoms with Crippen molar-refractivity contribution in [2.45, 2.75) is 39.7 Å². The van der Waals surface area contributed by atoms with Crippen LogP contribution >= 0.6 is 15.9 Å². The van der Waals surface area contributed by atoms with Gasteiger partial charge >= 0.3 is 6.09 Å². The number of amides is 1. The molecule has 1 aromatic heterocycles. The Morgan fingerprint density at radius 2 is 2.05 bits per heavy atom. The van der Waals surface area contributed by atoms with Crippen molar-refractivity contribution in [3.8, 4) is 0 Å². The van der Waals surface area contributed by atoms with Gasteiger partial charge in [-0.05, 0) is 62.2 Å². The molecular formula is C14H22BrN3O2. The summed E-state index contributed by atoms with van der Waals surface area (Å²) in [7, 11) is 0. The molecule has 0 aromatic carbocycles. The van der Waals surface area contributed by atoms with E-state index in [0.29, 0.717) is 6.54 Å². The van der Waals surface area contributed by atoms with Crippen molar-refractivity contribution in [3.63, 3.8) is 0 Å². The predicted molar refractivity (Wildman–Crippen MR) is 84.0 cm³/mol. The Morgan fingerprint density at radius 3 is 2.65 bits per heavy atom. The number of rotatable bonds is 5. The van der Waals surface area contributed by atoms with E-state index in [1.54, 1.807) is 0 Å². The van der Waals surface area contributed by atoms with Gasteiger partial charge in [0.1, 0.15) is 10.2 Å². The number of halogens is 1. The number of hydrogen-bond donors (Lipinski definition) is 2. The summed E-state index contributed by atoms with van der Waals surface area (Å²) >= 11 is 3.33. The van der Waals surface area contributed by atoms with Gasteiger partial charge in [-0.2, -0.15) is 0 Å². The van der Waals surface area contributed by atoms with Crippen molar-refractivity contribution in [2.75, 3.05) is 18.4 Å². The topological polar surface area (TPSA) is 63.2 Å². The van der Waals surface area contributed by atoms with E-state index < -0.39 is 5.60 Å². The third-order valence-electron chi connectivity index (χ3n) is 2.39. The average Bonchev–Trinajstić information content (AvgIpc) is 2.28. The van der Waals surface area contributed by atoms with Crippen LogP contribution in [0.5, 0.6) is 0 Å². The van der Waals surface area contributed by atoms with Gasteiger partial charge in [-0.1, -0.05) is 0 Å². The molecule has 0 saturated heterocycles. The van der Waals surface area contributed by atoms with Gasteiger partial charge in [0.15, 0.2) is 0 Å². The highest BCUT2D eigenvalue weighted by atomic mass is 79.9. The molecule has 1 amide bonds. The quantitative estimate of drug-likeness (QED) is 0.634. The normalized spacial score (nSPS) is 11.1. The summed E-state index contributed by atoms with van der Waals surface area (Å²) in [4.78, 5) is 15.7. The number of aryl methyl sites for hydroxylation is 1. The van der Waals surface area contributed by atoms with E-state index in [0.717, 1.165) is 29.0 Å². The lowest BCUT2D eigenvalue weighted by atomic mass is 10.2.